The zero-order valence-electron chi connectivity index (χ0n) is 9.09. The van der Waals surface area contributed by atoms with Crippen LogP contribution in [0.15, 0.2) is 0 Å². The van der Waals surface area contributed by atoms with Crippen molar-refractivity contribution < 1.29 is 9.47 Å². The maximum atomic E-state index is 5.56. The Morgan fingerprint density at radius 1 is 1.00 bits per heavy atom. The third kappa shape index (κ3) is 1.23. The van der Waals surface area contributed by atoms with Crippen LogP contribution < -0.4 is 0 Å². The van der Waals surface area contributed by atoms with E-state index < -0.39 is 0 Å². The lowest BCUT2D eigenvalue weighted by Crippen LogP contribution is -2.56. The van der Waals surface area contributed by atoms with Gasteiger partial charge in [0.25, 0.3) is 0 Å². The van der Waals surface area contributed by atoms with Crippen molar-refractivity contribution in [2.45, 2.75) is 40.4 Å². The quantitative estimate of drug-likeness (QED) is 0.623. The first-order chi connectivity index (χ1) is 5.95. The molecule has 0 N–H and O–H groups in total. The summed E-state index contributed by atoms with van der Waals surface area (Å²) in [4.78, 5) is 0. The molecule has 1 saturated heterocycles. The minimum Gasteiger partial charge on any atom is -0.350 e. The van der Waals surface area contributed by atoms with Crippen LogP contribution in [0.25, 0.3) is 0 Å². The summed E-state index contributed by atoms with van der Waals surface area (Å²) >= 11 is 0. The third-order valence-corrected chi connectivity index (χ3v) is 4.38. The van der Waals surface area contributed by atoms with Gasteiger partial charge in [-0.3, -0.25) is 0 Å². The molecule has 1 aliphatic carbocycles. The van der Waals surface area contributed by atoms with E-state index in [1.165, 1.54) is 6.42 Å². The molecule has 2 nitrogen and oxygen atoms in total. The van der Waals surface area contributed by atoms with Gasteiger partial charge in [0.1, 0.15) is 0 Å². The lowest BCUT2D eigenvalue weighted by molar-refractivity contribution is -0.211. The maximum Gasteiger partial charge on any atom is 0.161 e. The van der Waals surface area contributed by atoms with Gasteiger partial charge in [-0.15, -0.1) is 0 Å². The highest BCUT2D eigenvalue weighted by atomic mass is 16.7. The molecule has 0 amide bonds. The number of hydrogen-bond acceptors (Lipinski definition) is 2. The summed E-state index contributed by atoms with van der Waals surface area (Å²) in [6.07, 6.45) is 1.30. The van der Waals surface area contributed by atoms with Crippen LogP contribution in [0.4, 0.5) is 0 Å². The van der Waals surface area contributed by atoms with Crippen molar-refractivity contribution in [3.8, 4) is 0 Å². The van der Waals surface area contributed by atoms with Crippen LogP contribution in [0, 0.1) is 16.7 Å². The summed E-state index contributed by atoms with van der Waals surface area (Å²) in [7, 11) is 0. The van der Waals surface area contributed by atoms with E-state index in [0.29, 0.717) is 16.7 Å². The van der Waals surface area contributed by atoms with Gasteiger partial charge in [0.2, 0.25) is 0 Å². The van der Waals surface area contributed by atoms with E-state index in [1.54, 1.807) is 0 Å². The van der Waals surface area contributed by atoms with Gasteiger partial charge in [0, 0.05) is 5.92 Å². The van der Waals surface area contributed by atoms with Crippen LogP contribution in [0.3, 0.4) is 0 Å². The Hall–Kier alpha value is -0.0800. The Bertz CT molecular complexity index is 202. The molecule has 13 heavy (non-hydrogen) atoms. The molecule has 1 saturated carbocycles. The van der Waals surface area contributed by atoms with Crippen LogP contribution in [-0.2, 0) is 9.47 Å². The van der Waals surface area contributed by atoms with Gasteiger partial charge in [-0.1, -0.05) is 27.7 Å². The van der Waals surface area contributed by atoms with Crippen LogP contribution >= 0.6 is 0 Å². The number of rotatable bonds is 1. The van der Waals surface area contributed by atoms with E-state index in [0.717, 1.165) is 13.2 Å². The van der Waals surface area contributed by atoms with Crippen molar-refractivity contribution >= 4 is 0 Å². The molecule has 2 aliphatic rings. The van der Waals surface area contributed by atoms with E-state index in [9.17, 15) is 0 Å². The molecule has 0 aromatic carbocycles. The van der Waals surface area contributed by atoms with Gasteiger partial charge in [0.05, 0.1) is 13.2 Å². The lowest BCUT2D eigenvalue weighted by Gasteiger charge is -2.60. The Morgan fingerprint density at radius 3 is 1.92 bits per heavy atom. The minimum atomic E-state index is 0.0722. The molecule has 1 aliphatic heterocycles. The van der Waals surface area contributed by atoms with Crippen LogP contribution in [0.5, 0.6) is 0 Å². The van der Waals surface area contributed by atoms with Crippen LogP contribution in [-0.4, -0.2) is 19.5 Å². The largest absolute Gasteiger partial charge is 0.350 e. The molecule has 76 valence electrons. The predicted molar refractivity (Wildman–Crippen MR) is 51.4 cm³/mol. The summed E-state index contributed by atoms with van der Waals surface area (Å²) in [5.74, 6) is 0.588. The smallest absolute Gasteiger partial charge is 0.161 e. The van der Waals surface area contributed by atoms with Crippen molar-refractivity contribution in [3.05, 3.63) is 0 Å². The second-order valence-electron chi connectivity index (χ2n) is 5.53. The molecule has 0 spiro atoms. The van der Waals surface area contributed by atoms with Crippen LogP contribution in [0.2, 0.25) is 0 Å². The summed E-state index contributed by atoms with van der Waals surface area (Å²) in [6.45, 7) is 10.9. The average molecular weight is 184 g/mol. The molecule has 0 aromatic rings. The zero-order chi connectivity index (χ0) is 9.69. The van der Waals surface area contributed by atoms with Crippen LogP contribution in [0.1, 0.15) is 34.1 Å². The fourth-order valence-corrected chi connectivity index (χ4v) is 2.48. The standard InChI is InChI=1S/C11H20O2/c1-10(2)7-8(11(10,3)4)9-12-5-6-13-9/h8-9H,5-7H2,1-4H3. The third-order valence-electron chi connectivity index (χ3n) is 4.38. The second-order valence-corrected chi connectivity index (χ2v) is 5.53. The van der Waals surface area contributed by atoms with Gasteiger partial charge >= 0.3 is 0 Å². The molecule has 2 heteroatoms. The lowest BCUT2D eigenvalue weighted by atomic mass is 9.46. The van der Waals surface area contributed by atoms with Crippen molar-refractivity contribution in [1.82, 2.24) is 0 Å². The van der Waals surface area contributed by atoms with Gasteiger partial charge in [-0.05, 0) is 17.3 Å². The van der Waals surface area contributed by atoms with E-state index >= 15 is 0 Å². The highest BCUT2D eigenvalue weighted by Gasteiger charge is 2.57. The number of hydrogen-bond donors (Lipinski definition) is 0. The Labute approximate surface area is 80.6 Å². The monoisotopic (exact) mass is 184 g/mol. The van der Waals surface area contributed by atoms with Crippen molar-refractivity contribution in [2.24, 2.45) is 16.7 Å². The minimum absolute atomic E-state index is 0.0722. The highest BCUT2D eigenvalue weighted by molar-refractivity contribution is 5.04. The van der Waals surface area contributed by atoms with Crippen molar-refractivity contribution in [1.29, 1.82) is 0 Å². The van der Waals surface area contributed by atoms with Gasteiger partial charge in [0.15, 0.2) is 6.29 Å². The molecular weight excluding hydrogens is 164 g/mol. The van der Waals surface area contributed by atoms with Gasteiger partial charge < -0.3 is 9.47 Å². The van der Waals surface area contributed by atoms with Crippen molar-refractivity contribution in [3.63, 3.8) is 0 Å². The normalized spacial score (nSPS) is 37.4. The first-order valence-electron chi connectivity index (χ1n) is 5.18. The first-order valence-corrected chi connectivity index (χ1v) is 5.18. The van der Waals surface area contributed by atoms with Crippen molar-refractivity contribution in [2.75, 3.05) is 13.2 Å². The second kappa shape index (κ2) is 2.71. The number of ether oxygens (including phenoxy) is 2. The summed E-state index contributed by atoms with van der Waals surface area (Å²) in [6, 6.07) is 0. The first kappa shape index (κ1) is 9.47. The molecule has 2 rings (SSSR count). The molecule has 1 heterocycles. The van der Waals surface area contributed by atoms with E-state index in [4.69, 9.17) is 9.47 Å². The fraction of sp³-hybridized carbons (Fsp3) is 1.00. The van der Waals surface area contributed by atoms with Gasteiger partial charge in [-0.2, -0.15) is 0 Å². The highest BCUT2D eigenvalue weighted by Crippen LogP contribution is 2.61. The molecule has 0 bridgehead atoms. The van der Waals surface area contributed by atoms with Gasteiger partial charge in [-0.25, -0.2) is 0 Å². The predicted octanol–water partition coefficient (Wildman–Crippen LogP) is 2.43. The molecule has 1 atom stereocenters. The Kier molecular flexibility index (Phi) is 1.97. The van der Waals surface area contributed by atoms with E-state index in [1.807, 2.05) is 0 Å². The molecule has 0 aromatic heterocycles. The topological polar surface area (TPSA) is 18.5 Å². The Balaban J connectivity index is 2.04. The molecule has 1 unspecified atom stereocenters. The summed E-state index contributed by atoms with van der Waals surface area (Å²) in [5, 5.41) is 0. The maximum absolute atomic E-state index is 5.56. The van der Waals surface area contributed by atoms with E-state index in [2.05, 4.69) is 27.7 Å². The molecule has 0 radical (unpaired) electrons. The molecule has 2 fully saturated rings. The van der Waals surface area contributed by atoms with E-state index in [-0.39, 0.29) is 6.29 Å². The average Bonchev–Trinajstić information content (AvgIpc) is 2.52. The Morgan fingerprint density at radius 2 is 1.54 bits per heavy atom. The summed E-state index contributed by atoms with van der Waals surface area (Å²) < 4.78 is 11.1. The molecular formula is C11H20O2. The zero-order valence-corrected chi connectivity index (χ0v) is 9.09. The summed E-state index contributed by atoms with van der Waals surface area (Å²) in [5.41, 5.74) is 0.787. The SMILES string of the molecule is CC1(C)CC(C2OCCO2)C1(C)C. The fourth-order valence-electron chi connectivity index (χ4n) is 2.48.